The van der Waals surface area contributed by atoms with Crippen molar-refractivity contribution in [1.29, 1.82) is 0 Å². The van der Waals surface area contributed by atoms with Crippen molar-refractivity contribution in [2.24, 2.45) is 5.41 Å². The molecular weight excluding hydrogens is 234 g/mol. The monoisotopic (exact) mass is 259 g/mol. The zero-order valence-electron chi connectivity index (χ0n) is 11.7. The molecule has 2 heteroatoms. The fourth-order valence-electron chi connectivity index (χ4n) is 4.03. The fourth-order valence-corrected chi connectivity index (χ4v) is 4.03. The van der Waals surface area contributed by atoms with Crippen LogP contribution in [-0.4, -0.2) is 17.3 Å². The minimum Gasteiger partial charge on any atom is -0.394 e. The lowest BCUT2D eigenvalue weighted by molar-refractivity contribution is 0.100. The molecule has 3 rings (SSSR count). The third-order valence-electron chi connectivity index (χ3n) is 5.42. The molecule has 0 heterocycles. The maximum absolute atomic E-state index is 9.87. The SMILES string of the molecule is OCC1(Nc2ccccc2)CCC2(CCCC2)CC1. The zero-order valence-corrected chi connectivity index (χ0v) is 11.7. The molecule has 0 unspecified atom stereocenters. The molecule has 0 saturated heterocycles. The molecule has 0 atom stereocenters. The summed E-state index contributed by atoms with van der Waals surface area (Å²) < 4.78 is 0. The largest absolute Gasteiger partial charge is 0.394 e. The van der Waals surface area contributed by atoms with Crippen molar-refractivity contribution in [2.45, 2.75) is 56.9 Å². The summed E-state index contributed by atoms with van der Waals surface area (Å²) in [5, 5.41) is 13.5. The van der Waals surface area contributed by atoms with Crippen LogP contribution in [0.2, 0.25) is 0 Å². The normalized spacial score (nSPS) is 24.5. The molecule has 2 nitrogen and oxygen atoms in total. The fraction of sp³-hybridized carbons (Fsp3) is 0.647. The van der Waals surface area contributed by atoms with Gasteiger partial charge in [-0.05, 0) is 56.1 Å². The Morgan fingerprint density at radius 2 is 1.53 bits per heavy atom. The van der Waals surface area contributed by atoms with Crippen molar-refractivity contribution >= 4 is 5.69 Å². The first-order valence-electron chi connectivity index (χ1n) is 7.70. The van der Waals surface area contributed by atoms with E-state index >= 15 is 0 Å². The Hall–Kier alpha value is -1.02. The first kappa shape index (κ1) is 13.0. The molecule has 0 amide bonds. The molecule has 104 valence electrons. The highest BCUT2D eigenvalue weighted by Gasteiger charge is 2.43. The predicted molar refractivity (Wildman–Crippen MR) is 79.3 cm³/mol. The summed E-state index contributed by atoms with van der Waals surface area (Å²) in [5.74, 6) is 0. The number of aliphatic hydroxyl groups is 1. The van der Waals surface area contributed by atoms with Crippen LogP contribution in [0.3, 0.4) is 0 Å². The molecule has 0 aromatic heterocycles. The third kappa shape index (κ3) is 2.64. The molecular formula is C17H25NO. The molecule has 2 aliphatic rings. The van der Waals surface area contributed by atoms with Crippen molar-refractivity contribution in [2.75, 3.05) is 11.9 Å². The molecule has 1 aromatic carbocycles. The lowest BCUT2D eigenvalue weighted by Crippen LogP contribution is -2.47. The Morgan fingerprint density at radius 3 is 2.11 bits per heavy atom. The topological polar surface area (TPSA) is 32.3 Å². The Morgan fingerprint density at radius 1 is 0.895 bits per heavy atom. The van der Waals surface area contributed by atoms with Gasteiger partial charge in [-0.15, -0.1) is 0 Å². The van der Waals surface area contributed by atoms with Crippen LogP contribution in [0.4, 0.5) is 5.69 Å². The average molecular weight is 259 g/mol. The smallest absolute Gasteiger partial charge is 0.0661 e. The summed E-state index contributed by atoms with van der Waals surface area (Å²) in [6, 6.07) is 10.3. The van der Waals surface area contributed by atoms with E-state index in [1.165, 1.54) is 38.5 Å². The Bertz CT molecular complexity index is 399. The first-order valence-corrected chi connectivity index (χ1v) is 7.70. The summed E-state index contributed by atoms with van der Waals surface area (Å²) in [6.07, 6.45) is 10.5. The van der Waals surface area contributed by atoms with Crippen molar-refractivity contribution < 1.29 is 5.11 Å². The number of benzene rings is 1. The second-order valence-electron chi connectivity index (χ2n) is 6.64. The van der Waals surface area contributed by atoms with E-state index in [0.717, 1.165) is 18.5 Å². The van der Waals surface area contributed by atoms with Gasteiger partial charge in [0.15, 0.2) is 0 Å². The maximum Gasteiger partial charge on any atom is 0.0661 e. The van der Waals surface area contributed by atoms with E-state index in [0.29, 0.717) is 5.41 Å². The molecule has 19 heavy (non-hydrogen) atoms. The van der Waals surface area contributed by atoms with Gasteiger partial charge in [-0.2, -0.15) is 0 Å². The van der Waals surface area contributed by atoms with E-state index in [-0.39, 0.29) is 12.1 Å². The third-order valence-corrected chi connectivity index (χ3v) is 5.42. The van der Waals surface area contributed by atoms with Crippen LogP contribution in [-0.2, 0) is 0 Å². The highest BCUT2D eigenvalue weighted by atomic mass is 16.3. The number of anilines is 1. The Kier molecular flexibility index (Phi) is 3.53. The van der Waals surface area contributed by atoms with Gasteiger partial charge in [0, 0.05) is 5.69 Å². The molecule has 0 radical (unpaired) electrons. The quantitative estimate of drug-likeness (QED) is 0.861. The second kappa shape index (κ2) is 5.16. The highest BCUT2D eigenvalue weighted by Crippen LogP contribution is 2.51. The maximum atomic E-state index is 9.87. The summed E-state index contributed by atoms with van der Waals surface area (Å²) in [4.78, 5) is 0. The summed E-state index contributed by atoms with van der Waals surface area (Å²) in [6.45, 7) is 0.248. The predicted octanol–water partition coefficient (Wildman–Crippen LogP) is 3.96. The van der Waals surface area contributed by atoms with Crippen LogP contribution >= 0.6 is 0 Å². The first-order chi connectivity index (χ1) is 9.26. The van der Waals surface area contributed by atoms with Gasteiger partial charge in [-0.1, -0.05) is 31.0 Å². The van der Waals surface area contributed by atoms with Crippen molar-refractivity contribution in [1.82, 2.24) is 0 Å². The Labute approximate surface area is 116 Å². The van der Waals surface area contributed by atoms with E-state index < -0.39 is 0 Å². The molecule has 2 aliphatic carbocycles. The minimum atomic E-state index is -0.0881. The van der Waals surface area contributed by atoms with Gasteiger partial charge >= 0.3 is 0 Å². The number of aliphatic hydroxyl groups excluding tert-OH is 1. The Balaban J connectivity index is 1.68. The van der Waals surface area contributed by atoms with Gasteiger partial charge in [0.2, 0.25) is 0 Å². The van der Waals surface area contributed by atoms with E-state index in [9.17, 15) is 5.11 Å². The summed E-state index contributed by atoms with van der Waals surface area (Å²) in [7, 11) is 0. The summed E-state index contributed by atoms with van der Waals surface area (Å²) >= 11 is 0. The van der Waals surface area contributed by atoms with Crippen LogP contribution < -0.4 is 5.32 Å². The number of nitrogens with one attached hydrogen (secondary N) is 1. The molecule has 0 aliphatic heterocycles. The van der Waals surface area contributed by atoms with Crippen LogP contribution in [0.25, 0.3) is 0 Å². The number of para-hydroxylation sites is 1. The number of hydrogen-bond donors (Lipinski definition) is 2. The van der Waals surface area contributed by atoms with E-state index in [2.05, 4.69) is 29.6 Å². The molecule has 2 N–H and O–H groups in total. The van der Waals surface area contributed by atoms with Crippen LogP contribution in [0.1, 0.15) is 51.4 Å². The van der Waals surface area contributed by atoms with Gasteiger partial charge < -0.3 is 10.4 Å². The number of hydrogen-bond acceptors (Lipinski definition) is 2. The van der Waals surface area contributed by atoms with E-state index in [1.54, 1.807) is 0 Å². The zero-order chi connectivity index (χ0) is 13.2. The standard InChI is InChI=1S/C17H25NO/c19-14-17(18-15-6-2-1-3-7-15)12-10-16(11-13-17)8-4-5-9-16/h1-3,6-7,18-19H,4-5,8-14H2. The average Bonchev–Trinajstić information content (AvgIpc) is 2.92. The van der Waals surface area contributed by atoms with Crippen molar-refractivity contribution in [3.63, 3.8) is 0 Å². The van der Waals surface area contributed by atoms with Crippen LogP contribution in [0, 0.1) is 5.41 Å². The molecule has 1 spiro atoms. The van der Waals surface area contributed by atoms with Crippen LogP contribution in [0.5, 0.6) is 0 Å². The van der Waals surface area contributed by atoms with Gasteiger partial charge in [0.05, 0.1) is 12.1 Å². The second-order valence-corrected chi connectivity index (χ2v) is 6.64. The molecule has 0 bridgehead atoms. The number of rotatable bonds is 3. The van der Waals surface area contributed by atoms with Gasteiger partial charge in [0.1, 0.15) is 0 Å². The van der Waals surface area contributed by atoms with E-state index in [4.69, 9.17) is 0 Å². The lowest BCUT2D eigenvalue weighted by atomic mass is 9.66. The van der Waals surface area contributed by atoms with Gasteiger partial charge in [-0.25, -0.2) is 0 Å². The van der Waals surface area contributed by atoms with Gasteiger partial charge in [-0.3, -0.25) is 0 Å². The lowest BCUT2D eigenvalue weighted by Gasteiger charge is -2.45. The minimum absolute atomic E-state index is 0.0881. The molecule has 2 saturated carbocycles. The van der Waals surface area contributed by atoms with Crippen LogP contribution in [0.15, 0.2) is 30.3 Å². The van der Waals surface area contributed by atoms with E-state index in [1.807, 2.05) is 6.07 Å². The highest BCUT2D eigenvalue weighted by molar-refractivity contribution is 5.45. The summed E-state index contributed by atoms with van der Waals surface area (Å²) in [5.41, 5.74) is 1.67. The molecule has 1 aromatic rings. The van der Waals surface area contributed by atoms with Crippen molar-refractivity contribution in [3.05, 3.63) is 30.3 Å². The van der Waals surface area contributed by atoms with Gasteiger partial charge in [0.25, 0.3) is 0 Å². The molecule has 2 fully saturated rings. The van der Waals surface area contributed by atoms with Crippen molar-refractivity contribution in [3.8, 4) is 0 Å².